The summed E-state index contributed by atoms with van der Waals surface area (Å²) in [6, 6.07) is 35.8. The Labute approximate surface area is 283 Å². The van der Waals surface area contributed by atoms with Crippen molar-refractivity contribution < 1.29 is 0 Å². The third-order valence-corrected chi connectivity index (χ3v) is 9.91. The van der Waals surface area contributed by atoms with Crippen LogP contribution in [0.2, 0.25) is 0 Å². The van der Waals surface area contributed by atoms with Gasteiger partial charge in [-0.2, -0.15) is 0 Å². The predicted molar refractivity (Wildman–Crippen MR) is 202 cm³/mol. The summed E-state index contributed by atoms with van der Waals surface area (Å²) in [6.07, 6.45) is 17.6. The smallest absolute Gasteiger partial charge is 0.0674 e. The average Bonchev–Trinajstić information content (AvgIpc) is 3.90. The van der Waals surface area contributed by atoms with Crippen LogP contribution in [0.5, 0.6) is 0 Å². The minimum absolute atomic E-state index is 0.513. The molecule has 0 bridgehead atoms. The highest BCUT2D eigenvalue weighted by molar-refractivity contribution is 9.10. The van der Waals surface area contributed by atoms with Gasteiger partial charge in [-0.1, -0.05) is 120 Å². The van der Waals surface area contributed by atoms with E-state index in [0.717, 1.165) is 21.5 Å². The minimum atomic E-state index is -0.513. The van der Waals surface area contributed by atoms with Crippen molar-refractivity contribution in [3.63, 3.8) is 0 Å². The molecule has 0 amide bonds. The molecule has 2 heteroatoms. The average molecular weight is 665 g/mol. The summed E-state index contributed by atoms with van der Waals surface area (Å²) < 4.78 is 1.06. The van der Waals surface area contributed by atoms with Gasteiger partial charge in [0.25, 0.3) is 0 Å². The van der Waals surface area contributed by atoms with Gasteiger partial charge in [0.15, 0.2) is 0 Å². The van der Waals surface area contributed by atoms with Crippen molar-refractivity contribution in [3.8, 4) is 0 Å². The molecule has 0 heterocycles. The molecule has 1 unspecified atom stereocenters. The number of fused-ring (bicyclic) bond motifs is 1. The molecule has 0 saturated heterocycles. The maximum atomic E-state index is 4.18. The van der Waals surface area contributed by atoms with E-state index >= 15 is 0 Å². The zero-order valence-electron chi connectivity index (χ0n) is 27.3. The van der Waals surface area contributed by atoms with Crippen LogP contribution in [0.15, 0.2) is 167 Å². The van der Waals surface area contributed by atoms with Crippen LogP contribution in [0, 0.1) is 0 Å². The molecule has 1 saturated carbocycles. The quantitative estimate of drug-likeness (QED) is 0.153. The van der Waals surface area contributed by atoms with Crippen LogP contribution in [0.4, 0.5) is 11.4 Å². The van der Waals surface area contributed by atoms with E-state index in [2.05, 4.69) is 189 Å². The first-order chi connectivity index (χ1) is 22.5. The Morgan fingerprint density at radius 3 is 2.13 bits per heavy atom. The lowest BCUT2D eigenvalue weighted by molar-refractivity contribution is 0.741. The van der Waals surface area contributed by atoms with Gasteiger partial charge in [-0.3, -0.25) is 0 Å². The Bertz CT molecular complexity index is 1900. The minimum Gasteiger partial charge on any atom is -0.311 e. The molecule has 0 N–H and O–H groups in total. The molecule has 4 aromatic carbocycles. The van der Waals surface area contributed by atoms with Crippen LogP contribution < -0.4 is 4.90 Å². The Morgan fingerprint density at radius 1 is 0.804 bits per heavy atom. The van der Waals surface area contributed by atoms with Crippen molar-refractivity contribution in [1.82, 2.24) is 0 Å². The molecule has 1 fully saturated rings. The molecular formula is C44H42BrN. The maximum Gasteiger partial charge on any atom is 0.0674 e. The van der Waals surface area contributed by atoms with E-state index in [-0.39, 0.29) is 0 Å². The summed E-state index contributed by atoms with van der Waals surface area (Å²) in [4.78, 5) is 2.36. The van der Waals surface area contributed by atoms with Gasteiger partial charge in [-0.15, -0.1) is 0 Å². The number of hydrogen-bond acceptors (Lipinski definition) is 1. The van der Waals surface area contributed by atoms with Gasteiger partial charge in [0, 0.05) is 21.5 Å². The Balaban J connectivity index is 1.72. The SMILES string of the molecule is C=C/C=C(\C=C/C)C1(c2ccccc2)C(C)=C(c2ccccc2C2CC2)c2ccc(N(C(/C=C\C)=C/C)c3ccc(Br)cc3)cc21. The third kappa shape index (κ3) is 5.50. The molecule has 1 nitrogen and oxygen atoms in total. The van der Waals surface area contributed by atoms with Crippen LogP contribution >= 0.6 is 15.9 Å². The van der Waals surface area contributed by atoms with Crippen LogP contribution in [0.1, 0.15) is 74.3 Å². The summed E-state index contributed by atoms with van der Waals surface area (Å²) in [5.41, 5.74) is 13.4. The molecule has 1 atom stereocenters. The second-order valence-electron chi connectivity index (χ2n) is 12.1. The van der Waals surface area contributed by atoms with Crippen LogP contribution in [0.25, 0.3) is 5.57 Å². The molecule has 46 heavy (non-hydrogen) atoms. The molecular weight excluding hydrogens is 622 g/mol. The summed E-state index contributed by atoms with van der Waals surface area (Å²) >= 11 is 3.64. The number of anilines is 2. The van der Waals surface area contributed by atoms with E-state index in [4.69, 9.17) is 0 Å². The zero-order valence-corrected chi connectivity index (χ0v) is 28.9. The molecule has 4 aromatic rings. The van der Waals surface area contributed by atoms with E-state index in [0.29, 0.717) is 5.92 Å². The highest BCUT2D eigenvalue weighted by Crippen LogP contribution is 2.58. The van der Waals surface area contributed by atoms with Crippen molar-refractivity contribution >= 4 is 32.9 Å². The van der Waals surface area contributed by atoms with Gasteiger partial charge < -0.3 is 4.90 Å². The Kier molecular flexibility index (Phi) is 9.29. The van der Waals surface area contributed by atoms with Crippen LogP contribution in [-0.4, -0.2) is 0 Å². The second kappa shape index (κ2) is 13.5. The summed E-state index contributed by atoms with van der Waals surface area (Å²) in [7, 11) is 0. The molecule has 2 aliphatic rings. The lowest BCUT2D eigenvalue weighted by Gasteiger charge is -2.36. The van der Waals surface area contributed by atoms with Crippen LogP contribution in [-0.2, 0) is 5.41 Å². The van der Waals surface area contributed by atoms with Gasteiger partial charge in [0.1, 0.15) is 0 Å². The monoisotopic (exact) mass is 663 g/mol. The fraction of sp³-hybridized carbons (Fsp3) is 0.182. The summed E-state index contributed by atoms with van der Waals surface area (Å²) in [5, 5.41) is 0. The molecule has 0 aromatic heterocycles. The normalized spacial score (nSPS) is 18.5. The van der Waals surface area contributed by atoms with Crippen molar-refractivity contribution in [2.45, 2.75) is 51.9 Å². The summed E-state index contributed by atoms with van der Waals surface area (Å²) in [5.74, 6) is 0.635. The maximum absolute atomic E-state index is 4.18. The number of benzene rings is 4. The van der Waals surface area contributed by atoms with Crippen LogP contribution in [0.3, 0.4) is 0 Å². The fourth-order valence-corrected chi connectivity index (χ4v) is 7.60. The molecule has 2 aliphatic carbocycles. The standard InChI is InChI=1S/C44H42BrN/c1-6-15-33(16-7-2)44(34-18-11-10-12-19-34)31(5)43(40-21-14-13-20-39(40)32-22-23-32)41-29-28-38(30-42(41)44)46(36(9-4)17-8-3)37-26-24-35(45)25-27-37/h6-21,24-30,32H,1,22-23H2,2-5H3/b16-7-,17-8-,33-15+,36-9+. The van der Waals surface area contributed by atoms with E-state index in [1.165, 1.54) is 57.4 Å². The summed E-state index contributed by atoms with van der Waals surface area (Å²) in [6.45, 7) is 12.8. The molecule has 6 rings (SSSR count). The largest absolute Gasteiger partial charge is 0.311 e. The number of hydrogen-bond donors (Lipinski definition) is 0. The Hall–Kier alpha value is -4.40. The van der Waals surface area contributed by atoms with Gasteiger partial charge in [0.05, 0.1) is 5.41 Å². The number of rotatable bonds is 10. The lowest BCUT2D eigenvalue weighted by Crippen LogP contribution is -2.30. The first-order valence-corrected chi connectivity index (χ1v) is 17.1. The number of allylic oxidation sites excluding steroid dienone is 9. The van der Waals surface area contributed by atoms with Crippen molar-refractivity contribution in [3.05, 3.63) is 195 Å². The zero-order chi connectivity index (χ0) is 32.3. The first-order valence-electron chi connectivity index (χ1n) is 16.3. The van der Waals surface area contributed by atoms with Crippen molar-refractivity contribution in [2.75, 3.05) is 4.90 Å². The van der Waals surface area contributed by atoms with Gasteiger partial charge in [0.2, 0.25) is 0 Å². The lowest BCUT2D eigenvalue weighted by atomic mass is 9.66. The van der Waals surface area contributed by atoms with Gasteiger partial charge in [-0.05, 0) is 133 Å². The predicted octanol–water partition coefficient (Wildman–Crippen LogP) is 12.8. The fourth-order valence-electron chi connectivity index (χ4n) is 7.33. The van der Waals surface area contributed by atoms with E-state index < -0.39 is 5.41 Å². The first kappa shape index (κ1) is 31.6. The molecule has 230 valence electrons. The van der Waals surface area contributed by atoms with E-state index in [9.17, 15) is 0 Å². The Morgan fingerprint density at radius 2 is 1.48 bits per heavy atom. The third-order valence-electron chi connectivity index (χ3n) is 9.38. The van der Waals surface area contributed by atoms with E-state index in [1.807, 2.05) is 6.08 Å². The second-order valence-corrected chi connectivity index (χ2v) is 13.0. The molecule has 0 aliphatic heterocycles. The highest BCUT2D eigenvalue weighted by atomic mass is 79.9. The topological polar surface area (TPSA) is 3.24 Å². The van der Waals surface area contributed by atoms with Gasteiger partial charge in [-0.25, -0.2) is 0 Å². The van der Waals surface area contributed by atoms with Gasteiger partial charge >= 0.3 is 0 Å². The number of halogens is 1. The van der Waals surface area contributed by atoms with Crippen molar-refractivity contribution in [2.24, 2.45) is 0 Å². The number of nitrogens with zero attached hydrogens (tertiary/aromatic N) is 1. The highest BCUT2D eigenvalue weighted by Gasteiger charge is 2.47. The molecule has 0 radical (unpaired) electrons. The molecule has 0 spiro atoms. The van der Waals surface area contributed by atoms with Crippen molar-refractivity contribution in [1.29, 1.82) is 0 Å². The van der Waals surface area contributed by atoms with E-state index in [1.54, 1.807) is 0 Å².